The number of hydrogen-bond donors (Lipinski definition) is 3. The second kappa shape index (κ2) is 9.68. The number of pyridine rings is 1. The van der Waals surface area contributed by atoms with E-state index in [1.54, 1.807) is 5.48 Å². The van der Waals surface area contributed by atoms with Gasteiger partial charge in [-0.2, -0.15) is 0 Å². The Hall–Kier alpha value is -3.29. The molecule has 3 N–H and O–H groups in total. The molecule has 0 radical (unpaired) electrons. The van der Waals surface area contributed by atoms with Crippen LogP contribution in [-0.4, -0.2) is 52.1 Å². The van der Waals surface area contributed by atoms with Crippen molar-refractivity contribution < 1.29 is 14.8 Å². The number of nitrogens with one attached hydrogen (secondary N) is 2. The van der Waals surface area contributed by atoms with Crippen molar-refractivity contribution in [3.63, 3.8) is 0 Å². The minimum absolute atomic E-state index is 0.224. The van der Waals surface area contributed by atoms with Crippen molar-refractivity contribution in [3.8, 4) is 0 Å². The maximum Gasteiger partial charge on any atom is 0.251 e. The number of aromatic nitrogens is 1. The highest BCUT2D eigenvalue weighted by molar-refractivity contribution is 5.95. The Labute approximate surface area is 193 Å². The number of amides is 2. The summed E-state index contributed by atoms with van der Waals surface area (Å²) < 4.78 is 0. The zero-order chi connectivity index (χ0) is 23.5. The molecule has 1 aromatic heterocycles. The summed E-state index contributed by atoms with van der Waals surface area (Å²) in [5, 5.41) is 13.2. The van der Waals surface area contributed by atoms with Crippen molar-refractivity contribution in [1.29, 1.82) is 0 Å². The van der Waals surface area contributed by atoms with Crippen LogP contribution in [0.15, 0.2) is 54.6 Å². The van der Waals surface area contributed by atoms with Crippen molar-refractivity contribution >= 4 is 22.7 Å². The highest BCUT2D eigenvalue weighted by atomic mass is 16.5. The third-order valence-electron chi connectivity index (χ3n) is 6.38. The van der Waals surface area contributed by atoms with Gasteiger partial charge in [-0.3, -0.25) is 24.7 Å². The van der Waals surface area contributed by atoms with Gasteiger partial charge in [-0.25, -0.2) is 5.48 Å². The van der Waals surface area contributed by atoms with Crippen molar-refractivity contribution in [2.45, 2.75) is 39.3 Å². The number of aryl methyl sites for hydroxylation is 1. The average Bonchev–Trinajstić information content (AvgIpc) is 3.23. The molecule has 3 aromatic rings. The topological polar surface area (TPSA) is 94.6 Å². The normalized spacial score (nSPS) is 18.6. The summed E-state index contributed by atoms with van der Waals surface area (Å²) in [6.45, 7) is 7.15. The number of fused-ring (bicyclic) bond motifs is 1. The fraction of sp³-hybridized carbons (Fsp3) is 0.346. The van der Waals surface area contributed by atoms with Gasteiger partial charge in [-0.1, -0.05) is 30.3 Å². The second-order valence-corrected chi connectivity index (χ2v) is 9.02. The lowest BCUT2D eigenvalue weighted by molar-refractivity contribution is -0.133. The number of para-hydroxylation sites is 1. The van der Waals surface area contributed by atoms with Gasteiger partial charge >= 0.3 is 0 Å². The molecule has 1 aliphatic heterocycles. The molecule has 2 heterocycles. The fourth-order valence-electron chi connectivity index (χ4n) is 4.54. The predicted octanol–water partition coefficient (Wildman–Crippen LogP) is 3.08. The Balaban J connectivity index is 1.47. The van der Waals surface area contributed by atoms with Gasteiger partial charge < -0.3 is 5.32 Å². The first-order valence-electron chi connectivity index (χ1n) is 11.3. The van der Waals surface area contributed by atoms with E-state index in [0.29, 0.717) is 18.7 Å². The first kappa shape index (κ1) is 22.9. The van der Waals surface area contributed by atoms with Gasteiger partial charge in [-0.15, -0.1) is 0 Å². The van der Waals surface area contributed by atoms with Crippen LogP contribution in [0, 0.1) is 12.8 Å². The van der Waals surface area contributed by atoms with E-state index in [2.05, 4.69) is 27.3 Å². The van der Waals surface area contributed by atoms with Crippen molar-refractivity contribution in [1.82, 2.24) is 20.7 Å². The first-order chi connectivity index (χ1) is 15.9. The summed E-state index contributed by atoms with van der Waals surface area (Å²) in [6, 6.07) is 17.7. The van der Waals surface area contributed by atoms with E-state index in [-0.39, 0.29) is 18.0 Å². The third-order valence-corrected chi connectivity index (χ3v) is 6.38. The van der Waals surface area contributed by atoms with E-state index in [1.807, 2.05) is 63.2 Å². The van der Waals surface area contributed by atoms with E-state index in [4.69, 9.17) is 5.21 Å². The van der Waals surface area contributed by atoms with E-state index >= 15 is 0 Å². The summed E-state index contributed by atoms with van der Waals surface area (Å²) in [5.74, 6) is -1.19. The zero-order valence-corrected chi connectivity index (χ0v) is 19.2. The molecule has 7 heteroatoms. The molecule has 0 unspecified atom stereocenters. The molecular weight excluding hydrogens is 416 g/mol. The molecule has 1 fully saturated rings. The Kier molecular flexibility index (Phi) is 6.72. The van der Waals surface area contributed by atoms with Gasteiger partial charge in [0, 0.05) is 35.8 Å². The minimum atomic E-state index is -0.496. The monoisotopic (exact) mass is 446 g/mol. The fourth-order valence-corrected chi connectivity index (χ4v) is 4.54. The molecule has 0 aliphatic carbocycles. The molecular formula is C26H30N4O3. The lowest BCUT2D eigenvalue weighted by Gasteiger charge is -2.20. The minimum Gasteiger partial charge on any atom is -0.347 e. The predicted molar refractivity (Wildman–Crippen MR) is 127 cm³/mol. The highest BCUT2D eigenvalue weighted by Crippen LogP contribution is 2.22. The van der Waals surface area contributed by atoms with Gasteiger partial charge in [-0.05, 0) is 62.6 Å². The van der Waals surface area contributed by atoms with Crippen LogP contribution in [0.5, 0.6) is 0 Å². The number of rotatable bonds is 6. The average molecular weight is 447 g/mol. The first-order valence-corrected chi connectivity index (χ1v) is 11.3. The van der Waals surface area contributed by atoms with Gasteiger partial charge in [0.25, 0.3) is 5.91 Å². The number of hydroxylamine groups is 1. The van der Waals surface area contributed by atoms with E-state index in [9.17, 15) is 9.59 Å². The Morgan fingerprint density at radius 3 is 2.55 bits per heavy atom. The van der Waals surface area contributed by atoms with E-state index < -0.39 is 11.8 Å². The number of hydrogen-bond acceptors (Lipinski definition) is 5. The second-order valence-electron chi connectivity index (χ2n) is 9.02. The molecule has 2 aromatic carbocycles. The Morgan fingerprint density at radius 2 is 1.85 bits per heavy atom. The van der Waals surface area contributed by atoms with Crippen LogP contribution >= 0.6 is 0 Å². The Morgan fingerprint density at radius 1 is 1.12 bits per heavy atom. The molecule has 1 aliphatic rings. The van der Waals surface area contributed by atoms with Crippen LogP contribution in [0.25, 0.3) is 10.9 Å². The summed E-state index contributed by atoms with van der Waals surface area (Å²) >= 11 is 0. The van der Waals surface area contributed by atoms with E-state index in [0.717, 1.165) is 28.6 Å². The molecule has 0 saturated carbocycles. The van der Waals surface area contributed by atoms with Crippen molar-refractivity contribution in [2.24, 2.45) is 5.92 Å². The van der Waals surface area contributed by atoms with Crippen LogP contribution in [-0.2, 0) is 11.2 Å². The van der Waals surface area contributed by atoms with Crippen molar-refractivity contribution in [2.75, 3.05) is 13.1 Å². The maximum atomic E-state index is 12.9. The smallest absolute Gasteiger partial charge is 0.251 e. The maximum absolute atomic E-state index is 12.9. The van der Waals surface area contributed by atoms with Crippen molar-refractivity contribution in [3.05, 3.63) is 77.0 Å². The SMILES string of the molecule is Cc1cc(Cc2ccc(C(=O)N[C@@H]3CN(C(C)C)C[C@@H]3C(=O)NO)cc2)c2ccccc2n1. The summed E-state index contributed by atoms with van der Waals surface area (Å²) in [6.07, 6.45) is 0.747. The van der Waals surface area contributed by atoms with Gasteiger partial charge in [0.15, 0.2) is 0 Å². The molecule has 33 heavy (non-hydrogen) atoms. The number of nitrogens with zero attached hydrogens (tertiary/aromatic N) is 2. The number of benzene rings is 2. The molecule has 0 bridgehead atoms. The zero-order valence-electron chi connectivity index (χ0n) is 19.2. The summed E-state index contributed by atoms with van der Waals surface area (Å²) in [7, 11) is 0. The summed E-state index contributed by atoms with van der Waals surface area (Å²) in [5.41, 5.74) is 6.55. The van der Waals surface area contributed by atoms with Crippen LogP contribution in [0.2, 0.25) is 0 Å². The lowest BCUT2D eigenvalue weighted by atomic mass is 9.99. The quantitative estimate of drug-likeness (QED) is 0.400. The summed E-state index contributed by atoms with van der Waals surface area (Å²) in [4.78, 5) is 31.7. The van der Waals surface area contributed by atoms with Crippen LogP contribution in [0.1, 0.15) is 41.0 Å². The molecule has 2 amide bonds. The van der Waals surface area contributed by atoms with Crippen LogP contribution < -0.4 is 10.8 Å². The van der Waals surface area contributed by atoms with Gasteiger partial charge in [0.2, 0.25) is 5.91 Å². The molecule has 4 rings (SSSR count). The molecule has 172 valence electrons. The lowest BCUT2D eigenvalue weighted by Crippen LogP contribution is -2.45. The van der Waals surface area contributed by atoms with Gasteiger partial charge in [0.05, 0.1) is 17.5 Å². The third kappa shape index (κ3) is 5.05. The van der Waals surface area contributed by atoms with E-state index in [1.165, 1.54) is 5.56 Å². The van der Waals surface area contributed by atoms with Gasteiger partial charge in [0.1, 0.15) is 0 Å². The van der Waals surface area contributed by atoms with Crippen LogP contribution in [0.4, 0.5) is 0 Å². The molecule has 7 nitrogen and oxygen atoms in total. The Bertz CT molecular complexity index is 1160. The highest BCUT2D eigenvalue weighted by Gasteiger charge is 2.39. The number of likely N-dealkylation sites (tertiary alicyclic amines) is 1. The molecule has 0 spiro atoms. The standard InChI is InChI=1S/C26H30N4O3/c1-16(2)30-14-22(26(32)29-33)24(15-30)28-25(31)19-10-8-18(9-11-19)13-20-12-17(3)27-23-7-5-4-6-21(20)23/h4-12,16,22,24,33H,13-15H2,1-3H3,(H,28,31)(H,29,32)/t22-,24+/m0/s1. The largest absolute Gasteiger partial charge is 0.347 e. The van der Waals surface area contributed by atoms with Crippen LogP contribution in [0.3, 0.4) is 0 Å². The number of carbonyl (C=O) groups is 2. The number of carbonyl (C=O) groups excluding carboxylic acids is 2. The molecule has 1 saturated heterocycles. The molecule has 2 atom stereocenters.